The predicted molar refractivity (Wildman–Crippen MR) is 137 cm³/mol. The number of esters is 1. The molecule has 178 valence electrons. The van der Waals surface area contributed by atoms with Gasteiger partial charge in [0, 0.05) is 15.7 Å². The van der Waals surface area contributed by atoms with E-state index < -0.39 is 23.7 Å². The molecule has 0 aromatic heterocycles. The van der Waals surface area contributed by atoms with Crippen LogP contribution in [0.25, 0.3) is 5.76 Å². The fourth-order valence-corrected chi connectivity index (χ4v) is 4.31. The largest absolute Gasteiger partial charge is 0.507 e. The van der Waals surface area contributed by atoms with Crippen LogP contribution < -0.4 is 4.90 Å². The monoisotopic (exact) mass is 533 g/mol. The number of aliphatic hydroxyl groups is 1. The molecule has 1 amide bonds. The number of Topliss-reactive ketones (excluding diaryl/α,β-unsaturated/α-hetero) is 1. The highest BCUT2D eigenvalue weighted by Gasteiger charge is 2.47. The zero-order chi connectivity index (χ0) is 25.3. The second-order valence-corrected chi connectivity index (χ2v) is 9.40. The summed E-state index contributed by atoms with van der Waals surface area (Å²) >= 11 is 3.44. The Hall–Kier alpha value is -3.71. The number of hydrogen-bond donors (Lipinski definition) is 1. The second kappa shape index (κ2) is 9.88. The molecule has 1 N–H and O–H groups in total. The molecule has 0 aliphatic carbocycles. The van der Waals surface area contributed by atoms with Gasteiger partial charge in [-0.25, -0.2) is 4.79 Å². The molecule has 1 aliphatic heterocycles. The van der Waals surface area contributed by atoms with Gasteiger partial charge in [-0.15, -0.1) is 0 Å². The first kappa shape index (κ1) is 24.4. The highest BCUT2D eigenvalue weighted by molar-refractivity contribution is 9.10. The lowest BCUT2D eigenvalue weighted by Crippen LogP contribution is -2.29. The van der Waals surface area contributed by atoms with Gasteiger partial charge in [0.2, 0.25) is 0 Å². The molecular formula is C28H24BrNO5. The van der Waals surface area contributed by atoms with Crippen molar-refractivity contribution in [3.8, 4) is 0 Å². The number of benzene rings is 3. The van der Waals surface area contributed by atoms with E-state index >= 15 is 0 Å². The van der Waals surface area contributed by atoms with Crippen LogP contribution in [-0.4, -0.2) is 28.9 Å². The molecule has 0 radical (unpaired) electrons. The molecule has 3 aromatic rings. The Labute approximate surface area is 212 Å². The van der Waals surface area contributed by atoms with Crippen molar-refractivity contribution in [2.75, 3.05) is 4.90 Å². The fourth-order valence-electron chi connectivity index (χ4n) is 4.06. The zero-order valence-corrected chi connectivity index (χ0v) is 21.1. The quantitative estimate of drug-likeness (QED) is 0.189. The van der Waals surface area contributed by atoms with Gasteiger partial charge >= 0.3 is 5.97 Å². The smallest absolute Gasteiger partial charge is 0.338 e. The van der Waals surface area contributed by atoms with Gasteiger partial charge in [0.05, 0.1) is 23.3 Å². The summed E-state index contributed by atoms with van der Waals surface area (Å²) in [4.78, 5) is 40.4. The lowest BCUT2D eigenvalue weighted by atomic mass is 9.94. The number of aliphatic hydroxyl groups excluding tert-OH is 1. The fraction of sp³-hybridized carbons (Fsp3) is 0.179. The predicted octanol–water partition coefficient (Wildman–Crippen LogP) is 5.95. The molecule has 0 spiro atoms. The molecule has 1 unspecified atom stereocenters. The van der Waals surface area contributed by atoms with Crippen LogP contribution in [-0.2, 0) is 14.3 Å². The van der Waals surface area contributed by atoms with Gasteiger partial charge in [0.25, 0.3) is 11.7 Å². The van der Waals surface area contributed by atoms with Crippen molar-refractivity contribution in [3.05, 3.63) is 105 Å². The van der Waals surface area contributed by atoms with Crippen molar-refractivity contribution in [2.24, 2.45) is 0 Å². The lowest BCUT2D eigenvalue weighted by Gasteiger charge is -2.26. The summed E-state index contributed by atoms with van der Waals surface area (Å²) in [5, 5.41) is 11.3. The van der Waals surface area contributed by atoms with E-state index in [0.29, 0.717) is 16.8 Å². The van der Waals surface area contributed by atoms with Crippen LogP contribution in [0.5, 0.6) is 0 Å². The minimum Gasteiger partial charge on any atom is -0.507 e. The van der Waals surface area contributed by atoms with Crippen LogP contribution in [0.1, 0.15) is 46.9 Å². The summed E-state index contributed by atoms with van der Waals surface area (Å²) in [5.74, 6) is -2.37. The van der Waals surface area contributed by atoms with E-state index in [2.05, 4.69) is 15.9 Å². The third-order valence-corrected chi connectivity index (χ3v) is 6.58. The van der Waals surface area contributed by atoms with Crippen LogP contribution in [0, 0.1) is 6.92 Å². The summed E-state index contributed by atoms with van der Waals surface area (Å²) in [6.45, 7) is 5.37. The molecular weight excluding hydrogens is 510 g/mol. The van der Waals surface area contributed by atoms with Gasteiger partial charge in [-0.1, -0.05) is 58.4 Å². The number of ether oxygens (including phenoxy) is 1. The van der Waals surface area contributed by atoms with E-state index in [1.165, 1.54) is 11.0 Å². The number of halogens is 1. The maximum Gasteiger partial charge on any atom is 0.338 e. The zero-order valence-electron chi connectivity index (χ0n) is 19.5. The first-order chi connectivity index (χ1) is 16.7. The van der Waals surface area contributed by atoms with E-state index in [-0.39, 0.29) is 23.0 Å². The molecule has 1 fully saturated rings. The number of hydrogen-bond acceptors (Lipinski definition) is 5. The number of carbonyl (C=O) groups excluding carboxylic acids is 3. The molecule has 1 atom stereocenters. The van der Waals surface area contributed by atoms with Crippen molar-refractivity contribution < 1.29 is 24.2 Å². The first-order valence-electron chi connectivity index (χ1n) is 11.1. The number of ketones is 1. The Balaban J connectivity index is 1.89. The third kappa shape index (κ3) is 4.77. The average Bonchev–Trinajstić information content (AvgIpc) is 3.11. The van der Waals surface area contributed by atoms with E-state index in [1.54, 1.807) is 74.5 Å². The van der Waals surface area contributed by atoms with E-state index in [0.717, 1.165) is 10.0 Å². The van der Waals surface area contributed by atoms with Crippen LogP contribution >= 0.6 is 15.9 Å². The summed E-state index contributed by atoms with van der Waals surface area (Å²) in [5.41, 5.74) is 2.55. The lowest BCUT2D eigenvalue weighted by molar-refractivity contribution is -0.132. The molecule has 6 nitrogen and oxygen atoms in total. The first-order valence-corrected chi connectivity index (χ1v) is 11.9. The maximum atomic E-state index is 13.3. The highest BCUT2D eigenvalue weighted by atomic mass is 79.9. The number of nitrogens with zero attached hydrogens (tertiary/aromatic N) is 1. The average molecular weight is 534 g/mol. The Kier molecular flexibility index (Phi) is 6.89. The minimum absolute atomic E-state index is 0.0157. The Bertz CT molecular complexity index is 1350. The highest BCUT2D eigenvalue weighted by Crippen LogP contribution is 2.42. The topological polar surface area (TPSA) is 83.9 Å². The molecule has 7 heteroatoms. The summed E-state index contributed by atoms with van der Waals surface area (Å²) < 4.78 is 6.15. The van der Waals surface area contributed by atoms with Crippen molar-refractivity contribution in [1.29, 1.82) is 0 Å². The summed E-state index contributed by atoms with van der Waals surface area (Å²) in [7, 11) is 0. The van der Waals surface area contributed by atoms with E-state index in [4.69, 9.17) is 4.74 Å². The SMILES string of the molecule is Cc1cc(/C(O)=C2\C(=O)C(=O)N(c3cccc(C(=O)OC(C)C)c3)C2c2ccccc2)ccc1Br. The molecule has 1 aliphatic rings. The Morgan fingerprint density at radius 2 is 1.69 bits per heavy atom. The van der Waals surface area contributed by atoms with Crippen molar-refractivity contribution in [1.82, 2.24) is 0 Å². The minimum atomic E-state index is -0.878. The van der Waals surface area contributed by atoms with Gasteiger partial charge < -0.3 is 9.84 Å². The number of rotatable bonds is 5. The van der Waals surface area contributed by atoms with Crippen molar-refractivity contribution in [3.63, 3.8) is 0 Å². The second-order valence-electron chi connectivity index (χ2n) is 8.55. The molecule has 0 bridgehead atoms. The molecule has 1 saturated heterocycles. The van der Waals surface area contributed by atoms with Gasteiger partial charge in [0.1, 0.15) is 5.76 Å². The molecule has 1 heterocycles. The molecule has 35 heavy (non-hydrogen) atoms. The van der Waals surface area contributed by atoms with Crippen molar-refractivity contribution >= 4 is 45.0 Å². The van der Waals surface area contributed by atoms with Crippen LogP contribution in [0.3, 0.4) is 0 Å². The molecule has 4 rings (SSSR count). The van der Waals surface area contributed by atoms with Crippen LogP contribution in [0.4, 0.5) is 5.69 Å². The van der Waals surface area contributed by atoms with E-state index in [1.807, 2.05) is 13.0 Å². The number of anilines is 1. The van der Waals surface area contributed by atoms with Crippen molar-refractivity contribution in [2.45, 2.75) is 32.9 Å². The normalized spacial score (nSPS) is 17.2. The molecule has 0 saturated carbocycles. The number of amides is 1. The van der Waals surface area contributed by atoms with Gasteiger partial charge in [-0.2, -0.15) is 0 Å². The summed E-state index contributed by atoms with van der Waals surface area (Å²) in [6, 6.07) is 19.7. The maximum absolute atomic E-state index is 13.3. The van der Waals surface area contributed by atoms with Gasteiger partial charge in [0.15, 0.2) is 0 Å². The Morgan fingerprint density at radius 3 is 2.34 bits per heavy atom. The Morgan fingerprint density at radius 1 is 0.971 bits per heavy atom. The third-order valence-electron chi connectivity index (χ3n) is 5.69. The standard InChI is InChI=1S/C28H24BrNO5/c1-16(2)35-28(34)20-10-7-11-21(15-20)30-24(18-8-5-4-6-9-18)23(26(32)27(30)33)25(31)19-12-13-22(29)17(3)14-19/h4-16,24,31H,1-3H3/b25-23+. The molecule has 3 aromatic carbocycles. The van der Waals surface area contributed by atoms with Crippen LogP contribution in [0.2, 0.25) is 0 Å². The van der Waals surface area contributed by atoms with Gasteiger partial charge in [-0.3, -0.25) is 14.5 Å². The summed E-state index contributed by atoms with van der Waals surface area (Å²) in [6.07, 6.45) is -0.306. The number of aryl methyl sites for hydroxylation is 1. The van der Waals surface area contributed by atoms with Crippen LogP contribution in [0.15, 0.2) is 82.8 Å². The van der Waals surface area contributed by atoms with E-state index in [9.17, 15) is 19.5 Å². The number of carbonyl (C=O) groups is 3. The van der Waals surface area contributed by atoms with Gasteiger partial charge in [-0.05, 0) is 62.2 Å².